The van der Waals surface area contributed by atoms with Gasteiger partial charge in [-0.05, 0) is 18.2 Å². The number of carbonyl (C=O) groups is 3. The molecule has 0 fully saturated rings. The monoisotopic (exact) mass is 280 g/mol. The number of benzene rings is 1. The summed E-state index contributed by atoms with van der Waals surface area (Å²) in [4.78, 5) is 33.7. The summed E-state index contributed by atoms with van der Waals surface area (Å²) in [6.45, 7) is -0.810. The summed E-state index contributed by atoms with van der Waals surface area (Å²) in [5, 5.41) is 22.3. The lowest BCUT2D eigenvalue weighted by Crippen LogP contribution is -2.43. The van der Waals surface area contributed by atoms with E-state index in [9.17, 15) is 14.4 Å². The van der Waals surface area contributed by atoms with E-state index in [1.165, 1.54) is 18.2 Å². The Balaban J connectivity index is 2.17. The quantitative estimate of drug-likeness (QED) is 0.572. The van der Waals surface area contributed by atoms with Crippen molar-refractivity contribution in [3.63, 3.8) is 0 Å². The predicted molar refractivity (Wildman–Crippen MR) is 66.5 cm³/mol. The van der Waals surface area contributed by atoms with Crippen molar-refractivity contribution in [2.75, 3.05) is 18.5 Å². The molecule has 1 aromatic rings. The Bertz CT molecular complexity index is 571. The molecule has 8 nitrogen and oxygen atoms in total. The largest absolute Gasteiger partial charge is 0.482 e. The van der Waals surface area contributed by atoms with Crippen LogP contribution in [-0.4, -0.2) is 47.3 Å². The highest BCUT2D eigenvalue weighted by Crippen LogP contribution is 2.28. The van der Waals surface area contributed by atoms with Gasteiger partial charge < -0.3 is 25.6 Å². The minimum atomic E-state index is -1.38. The normalized spacial score (nSPS) is 14.6. The third-order valence-corrected chi connectivity index (χ3v) is 2.66. The summed E-state index contributed by atoms with van der Waals surface area (Å²) < 4.78 is 5.13. The van der Waals surface area contributed by atoms with Crippen molar-refractivity contribution in [1.82, 2.24) is 5.32 Å². The number of rotatable bonds is 4. The van der Waals surface area contributed by atoms with E-state index in [0.717, 1.165) is 0 Å². The zero-order chi connectivity index (χ0) is 14.7. The second-order valence-corrected chi connectivity index (χ2v) is 4.09. The molecular weight excluding hydrogens is 268 g/mol. The van der Waals surface area contributed by atoms with Gasteiger partial charge in [-0.1, -0.05) is 0 Å². The van der Waals surface area contributed by atoms with Crippen LogP contribution in [0.4, 0.5) is 5.69 Å². The van der Waals surface area contributed by atoms with E-state index in [1.807, 2.05) is 0 Å². The first-order valence-electron chi connectivity index (χ1n) is 5.72. The number of hydrogen-bond donors (Lipinski definition) is 4. The van der Waals surface area contributed by atoms with Crippen molar-refractivity contribution in [1.29, 1.82) is 0 Å². The molecule has 0 bridgehead atoms. The summed E-state index contributed by atoms with van der Waals surface area (Å²) in [7, 11) is 0. The molecule has 1 aliphatic heterocycles. The fourth-order valence-corrected chi connectivity index (χ4v) is 1.65. The molecule has 0 saturated heterocycles. The molecule has 0 saturated carbocycles. The Kier molecular flexibility index (Phi) is 3.85. The standard InChI is InChI=1S/C12H12N2O6/c15-4-8(12(18)19)14-11(17)6-1-2-9-7(3-6)13-10(16)5-20-9/h1-3,8,15H,4-5H2,(H,13,16)(H,14,17)(H,18,19)/t8-/m0/s1. The second kappa shape index (κ2) is 5.57. The fourth-order valence-electron chi connectivity index (χ4n) is 1.65. The van der Waals surface area contributed by atoms with Gasteiger partial charge in [0, 0.05) is 5.56 Å². The van der Waals surface area contributed by atoms with Gasteiger partial charge in [-0.25, -0.2) is 4.79 Å². The van der Waals surface area contributed by atoms with Crippen LogP contribution in [0.3, 0.4) is 0 Å². The maximum absolute atomic E-state index is 11.8. The van der Waals surface area contributed by atoms with E-state index in [-0.39, 0.29) is 18.1 Å². The molecule has 1 atom stereocenters. The third-order valence-electron chi connectivity index (χ3n) is 2.66. The Hall–Kier alpha value is -2.61. The second-order valence-electron chi connectivity index (χ2n) is 4.09. The van der Waals surface area contributed by atoms with E-state index in [1.54, 1.807) is 0 Å². The van der Waals surface area contributed by atoms with Crippen molar-refractivity contribution in [3.05, 3.63) is 23.8 Å². The number of aliphatic hydroxyl groups excluding tert-OH is 1. The minimum Gasteiger partial charge on any atom is -0.482 e. The van der Waals surface area contributed by atoms with E-state index in [4.69, 9.17) is 14.9 Å². The molecule has 2 amide bonds. The Morgan fingerprint density at radius 2 is 2.20 bits per heavy atom. The van der Waals surface area contributed by atoms with Gasteiger partial charge in [0.15, 0.2) is 12.6 Å². The van der Waals surface area contributed by atoms with Gasteiger partial charge in [-0.2, -0.15) is 0 Å². The molecule has 8 heteroatoms. The molecule has 1 aromatic carbocycles. The van der Waals surface area contributed by atoms with Gasteiger partial charge in [0.1, 0.15) is 5.75 Å². The van der Waals surface area contributed by atoms with Crippen molar-refractivity contribution >= 4 is 23.5 Å². The molecule has 0 spiro atoms. The van der Waals surface area contributed by atoms with Crippen LogP contribution in [0, 0.1) is 0 Å². The van der Waals surface area contributed by atoms with Gasteiger partial charge in [0.25, 0.3) is 11.8 Å². The number of carbonyl (C=O) groups excluding carboxylic acids is 2. The predicted octanol–water partition coefficient (Wildman–Crippen LogP) is -0.807. The van der Waals surface area contributed by atoms with E-state index in [0.29, 0.717) is 11.4 Å². The number of amides is 2. The lowest BCUT2D eigenvalue weighted by molar-refractivity contribution is -0.140. The molecule has 0 radical (unpaired) electrons. The van der Waals surface area contributed by atoms with Crippen LogP contribution in [0.15, 0.2) is 18.2 Å². The summed E-state index contributed by atoms with van der Waals surface area (Å²) in [5.41, 5.74) is 0.485. The van der Waals surface area contributed by atoms with Crippen LogP contribution >= 0.6 is 0 Å². The highest BCUT2D eigenvalue weighted by atomic mass is 16.5. The highest BCUT2D eigenvalue weighted by Gasteiger charge is 2.22. The van der Waals surface area contributed by atoms with Crippen LogP contribution in [0.5, 0.6) is 5.75 Å². The molecular formula is C12H12N2O6. The van der Waals surface area contributed by atoms with Crippen LogP contribution in [0.2, 0.25) is 0 Å². The lowest BCUT2D eigenvalue weighted by atomic mass is 10.1. The number of ether oxygens (including phenoxy) is 1. The van der Waals surface area contributed by atoms with Gasteiger partial charge in [-0.3, -0.25) is 9.59 Å². The van der Waals surface area contributed by atoms with Gasteiger partial charge >= 0.3 is 5.97 Å². The number of carboxylic acid groups (broad SMARTS) is 1. The molecule has 0 aromatic heterocycles. The maximum Gasteiger partial charge on any atom is 0.328 e. The van der Waals surface area contributed by atoms with Gasteiger partial charge in [0.05, 0.1) is 12.3 Å². The van der Waals surface area contributed by atoms with Gasteiger partial charge in [-0.15, -0.1) is 0 Å². The molecule has 4 N–H and O–H groups in total. The van der Waals surface area contributed by atoms with E-state index < -0.39 is 24.5 Å². The number of nitrogens with one attached hydrogen (secondary N) is 2. The van der Waals surface area contributed by atoms with Crippen LogP contribution in [0.1, 0.15) is 10.4 Å². The zero-order valence-corrected chi connectivity index (χ0v) is 10.3. The molecule has 1 heterocycles. The molecule has 106 valence electrons. The number of carboxylic acids is 1. The summed E-state index contributed by atoms with van der Waals surface area (Å²) in [6, 6.07) is 2.92. The van der Waals surface area contributed by atoms with Crippen LogP contribution in [-0.2, 0) is 9.59 Å². The first kappa shape index (κ1) is 13.8. The molecule has 20 heavy (non-hydrogen) atoms. The molecule has 0 aliphatic carbocycles. The Morgan fingerprint density at radius 1 is 1.45 bits per heavy atom. The van der Waals surface area contributed by atoms with Crippen molar-refractivity contribution in [3.8, 4) is 5.75 Å². The summed E-state index contributed by atoms with van der Waals surface area (Å²) >= 11 is 0. The number of hydrogen-bond acceptors (Lipinski definition) is 5. The van der Waals surface area contributed by atoms with Gasteiger partial charge in [0.2, 0.25) is 0 Å². The first-order chi connectivity index (χ1) is 9.51. The number of fused-ring (bicyclic) bond motifs is 1. The van der Waals surface area contributed by atoms with E-state index >= 15 is 0 Å². The number of aliphatic carboxylic acids is 1. The zero-order valence-electron chi connectivity index (χ0n) is 10.3. The molecule has 1 aliphatic rings. The summed E-state index contributed by atoms with van der Waals surface area (Å²) in [5.74, 6) is -1.92. The highest BCUT2D eigenvalue weighted by molar-refractivity contribution is 6.00. The van der Waals surface area contributed by atoms with Crippen molar-refractivity contribution < 1.29 is 29.3 Å². The first-order valence-corrected chi connectivity index (χ1v) is 5.72. The number of aliphatic hydroxyl groups is 1. The SMILES string of the molecule is O=C1COc2ccc(C(=O)N[C@@H](CO)C(=O)O)cc2N1. The van der Waals surface area contributed by atoms with E-state index in [2.05, 4.69) is 10.6 Å². The van der Waals surface area contributed by atoms with Crippen molar-refractivity contribution in [2.45, 2.75) is 6.04 Å². The average Bonchev–Trinajstić information content (AvgIpc) is 2.43. The Morgan fingerprint density at radius 3 is 2.85 bits per heavy atom. The smallest absolute Gasteiger partial charge is 0.328 e. The Labute approximate surface area is 113 Å². The molecule has 2 rings (SSSR count). The fraction of sp³-hybridized carbons (Fsp3) is 0.250. The summed E-state index contributed by atoms with van der Waals surface area (Å²) in [6.07, 6.45) is 0. The number of anilines is 1. The lowest BCUT2D eigenvalue weighted by Gasteiger charge is -2.18. The molecule has 0 unspecified atom stereocenters. The topological polar surface area (TPSA) is 125 Å². The van der Waals surface area contributed by atoms with Crippen LogP contribution in [0.25, 0.3) is 0 Å². The maximum atomic E-state index is 11.8. The van der Waals surface area contributed by atoms with Crippen LogP contribution < -0.4 is 15.4 Å². The third kappa shape index (κ3) is 2.86. The average molecular weight is 280 g/mol. The minimum absolute atomic E-state index is 0.0931. The van der Waals surface area contributed by atoms with Crippen molar-refractivity contribution in [2.24, 2.45) is 0 Å².